The summed E-state index contributed by atoms with van der Waals surface area (Å²) in [4.78, 5) is 16.1. The van der Waals surface area contributed by atoms with E-state index in [4.69, 9.17) is 9.84 Å². The molecule has 1 aromatic carbocycles. The number of nitrogens with zero attached hydrogens (tertiary/aromatic N) is 3. The molecule has 1 fully saturated rings. The van der Waals surface area contributed by atoms with Crippen LogP contribution < -0.4 is 10.1 Å². The molecule has 0 saturated heterocycles. The number of nitrogens with one attached hydrogen (secondary N) is 1. The summed E-state index contributed by atoms with van der Waals surface area (Å²) >= 11 is 0. The van der Waals surface area contributed by atoms with Crippen LogP contribution in [0.4, 0.5) is 4.39 Å². The fraction of sp³-hybridized carbons (Fsp3) is 0.318. The molecule has 0 spiro atoms. The van der Waals surface area contributed by atoms with E-state index in [-0.39, 0.29) is 24.8 Å². The Labute approximate surface area is 168 Å². The van der Waals surface area contributed by atoms with Crippen molar-refractivity contribution in [2.75, 3.05) is 13.2 Å². The lowest BCUT2D eigenvalue weighted by atomic mass is 10.1. The second-order valence-electron chi connectivity index (χ2n) is 7.11. The third kappa shape index (κ3) is 5.19. The van der Waals surface area contributed by atoms with Crippen molar-refractivity contribution in [3.05, 3.63) is 66.5 Å². The maximum Gasteiger partial charge on any atom is 0.223 e. The number of carbonyl (C=O) groups excluding carboxylic acids is 1. The normalized spacial score (nSPS) is 13.3. The number of carbonyl (C=O) groups is 1. The first-order chi connectivity index (χ1) is 14.2. The first-order valence-corrected chi connectivity index (χ1v) is 9.82. The van der Waals surface area contributed by atoms with Crippen LogP contribution in [0.3, 0.4) is 0 Å². The first-order valence-electron chi connectivity index (χ1n) is 9.82. The molecule has 2 heterocycles. The summed E-state index contributed by atoms with van der Waals surface area (Å²) in [6.07, 6.45) is 8.19. The van der Waals surface area contributed by atoms with Crippen molar-refractivity contribution in [2.45, 2.75) is 31.7 Å². The van der Waals surface area contributed by atoms with E-state index in [0.717, 1.165) is 16.8 Å². The van der Waals surface area contributed by atoms with Crippen molar-refractivity contribution in [1.82, 2.24) is 20.1 Å². The van der Waals surface area contributed by atoms with Crippen molar-refractivity contribution in [3.8, 4) is 16.9 Å². The molecule has 29 heavy (non-hydrogen) atoms. The minimum atomic E-state index is -0.358. The number of aromatic nitrogens is 3. The van der Waals surface area contributed by atoms with Crippen molar-refractivity contribution >= 4 is 5.91 Å². The number of halogens is 1. The van der Waals surface area contributed by atoms with Gasteiger partial charge in [0.25, 0.3) is 0 Å². The van der Waals surface area contributed by atoms with Gasteiger partial charge in [-0.1, -0.05) is 6.07 Å². The van der Waals surface area contributed by atoms with Crippen LogP contribution in [0.2, 0.25) is 0 Å². The molecule has 1 aliphatic rings. The summed E-state index contributed by atoms with van der Waals surface area (Å²) < 4.78 is 20.4. The van der Waals surface area contributed by atoms with Crippen LogP contribution in [-0.4, -0.2) is 33.8 Å². The quantitative estimate of drug-likeness (QED) is 0.603. The molecule has 1 N–H and O–H groups in total. The van der Waals surface area contributed by atoms with Crippen LogP contribution >= 0.6 is 0 Å². The highest BCUT2D eigenvalue weighted by Crippen LogP contribution is 2.43. The SMILES string of the molecule is O=C(CCOc1cccc(F)c1)NCCn1cc(-c2ccncc2)c(C2CC2)n1. The summed E-state index contributed by atoms with van der Waals surface area (Å²) in [6, 6.07) is 9.87. The fourth-order valence-corrected chi connectivity index (χ4v) is 3.18. The topological polar surface area (TPSA) is 69.0 Å². The van der Waals surface area contributed by atoms with E-state index in [2.05, 4.69) is 10.3 Å². The van der Waals surface area contributed by atoms with E-state index >= 15 is 0 Å². The standard InChI is InChI=1S/C22H23FN4O2/c23-18-2-1-3-19(14-18)29-13-8-21(28)25-11-12-27-15-20(16-6-9-24-10-7-16)22(26-27)17-4-5-17/h1-3,6-7,9-10,14-15,17H,4-5,8,11-13H2,(H,25,28). The van der Waals surface area contributed by atoms with E-state index in [0.29, 0.717) is 24.8 Å². The zero-order valence-electron chi connectivity index (χ0n) is 16.1. The number of hydrogen-bond acceptors (Lipinski definition) is 4. The van der Waals surface area contributed by atoms with Gasteiger partial charge in [0.1, 0.15) is 11.6 Å². The van der Waals surface area contributed by atoms with Gasteiger partial charge in [-0.2, -0.15) is 5.10 Å². The minimum absolute atomic E-state index is 0.106. The largest absolute Gasteiger partial charge is 0.493 e. The Bertz CT molecular complexity index is 970. The molecular formula is C22H23FN4O2. The summed E-state index contributed by atoms with van der Waals surface area (Å²) in [5.41, 5.74) is 3.39. The molecule has 1 amide bonds. The van der Waals surface area contributed by atoms with Gasteiger partial charge in [0, 0.05) is 42.7 Å². The predicted octanol–water partition coefficient (Wildman–Crippen LogP) is 3.55. The molecule has 3 aromatic rings. The van der Waals surface area contributed by atoms with Gasteiger partial charge in [-0.05, 0) is 42.7 Å². The highest BCUT2D eigenvalue weighted by Gasteiger charge is 2.29. The Balaban J connectivity index is 1.25. The van der Waals surface area contributed by atoms with E-state index in [1.165, 1.54) is 25.0 Å². The van der Waals surface area contributed by atoms with Gasteiger partial charge in [-0.25, -0.2) is 4.39 Å². The Morgan fingerprint density at radius 1 is 1.24 bits per heavy atom. The third-order valence-electron chi connectivity index (χ3n) is 4.80. The molecule has 0 unspecified atom stereocenters. The highest BCUT2D eigenvalue weighted by atomic mass is 19.1. The summed E-state index contributed by atoms with van der Waals surface area (Å²) in [7, 11) is 0. The Morgan fingerprint density at radius 3 is 2.83 bits per heavy atom. The van der Waals surface area contributed by atoms with Crippen molar-refractivity contribution in [1.29, 1.82) is 0 Å². The molecule has 0 bridgehead atoms. The van der Waals surface area contributed by atoms with Crippen LogP contribution in [0, 0.1) is 5.82 Å². The molecule has 4 rings (SSSR count). The van der Waals surface area contributed by atoms with Gasteiger partial charge in [-0.15, -0.1) is 0 Å². The molecular weight excluding hydrogens is 371 g/mol. The van der Waals surface area contributed by atoms with Crippen molar-refractivity contribution in [2.24, 2.45) is 0 Å². The smallest absolute Gasteiger partial charge is 0.223 e. The number of rotatable bonds is 9. The van der Waals surface area contributed by atoms with Crippen LogP contribution in [-0.2, 0) is 11.3 Å². The summed E-state index contributed by atoms with van der Waals surface area (Å²) in [5.74, 6) is 0.493. The van der Waals surface area contributed by atoms with Gasteiger partial charge in [-0.3, -0.25) is 14.5 Å². The minimum Gasteiger partial charge on any atom is -0.493 e. The zero-order chi connectivity index (χ0) is 20.1. The summed E-state index contributed by atoms with van der Waals surface area (Å²) in [6.45, 7) is 1.29. The molecule has 150 valence electrons. The van der Waals surface area contributed by atoms with Crippen LogP contribution in [0.25, 0.3) is 11.1 Å². The fourth-order valence-electron chi connectivity index (χ4n) is 3.18. The summed E-state index contributed by atoms with van der Waals surface area (Å²) in [5, 5.41) is 7.62. The lowest BCUT2D eigenvalue weighted by Gasteiger charge is -2.07. The van der Waals surface area contributed by atoms with Crippen LogP contribution in [0.15, 0.2) is 55.0 Å². The second-order valence-corrected chi connectivity index (χ2v) is 7.11. The molecule has 6 nitrogen and oxygen atoms in total. The van der Waals surface area contributed by atoms with Gasteiger partial charge < -0.3 is 10.1 Å². The monoisotopic (exact) mass is 394 g/mol. The maximum atomic E-state index is 13.1. The average Bonchev–Trinajstić information content (AvgIpc) is 3.48. The molecule has 0 radical (unpaired) electrons. The second kappa shape index (κ2) is 8.86. The predicted molar refractivity (Wildman–Crippen MR) is 107 cm³/mol. The first kappa shape index (κ1) is 19.1. The van der Waals surface area contributed by atoms with Gasteiger partial charge in [0.15, 0.2) is 0 Å². The highest BCUT2D eigenvalue weighted by molar-refractivity contribution is 5.75. The Kier molecular flexibility index (Phi) is 5.84. The third-order valence-corrected chi connectivity index (χ3v) is 4.80. The number of ether oxygens (including phenoxy) is 1. The Morgan fingerprint density at radius 2 is 2.07 bits per heavy atom. The van der Waals surface area contributed by atoms with E-state index in [9.17, 15) is 9.18 Å². The lowest BCUT2D eigenvalue weighted by Crippen LogP contribution is -2.28. The van der Waals surface area contributed by atoms with Crippen molar-refractivity contribution < 1.29 is 13.9 Å². The lowest BCUT2D eigenvalue weighted by molar-refractivity contribution is -0.121. The zero-order valence-corrected chi connectivity index (χ0v) is 16.1. The molecule has 1 aliphatic carbocycles. The van der Waals surface area contributed by atoms with E-state index < -0.39 is 0 Å². The number of hydrogen-bond donors (Lipinski definition) is 1. The molecule has 0 atom stereocenters. The molecule has 2 aromatic heterocycles. The van der Waals surface area contributed by atoms with Crippen LogP contribution in [0.5, 0.6) is 5.75 Å². The van der Waals surface area contributed by atoms with Gasteiger partial charge in [0.05, 0.1) is 25.3 Å². The number of benzene rings is 1. The van der Waals surface area contributed by atoms with E-state index in [1.54, 1.807) is 24.5 Å². The average molecular weight is 394 g/mol. The molecule has 7 heteroatoms. The number of pyridine rings is 1. The van der Waals surface area contributed by atoms with Crippen molar-refractivity contribution in [3.63, 3.8) is 0 Å². The Hall–Kier alpha value is -3.22. The number of amides is 1. The van der Waals surface area contributed by atoms with Gasteiger partial charge >= 0.3 is 0 Å². The molecule has 0 aliphatic heterocycles. The molecule has 1 saturated carbocycles. The van der Waals surface area contributed by atoms with Crippen LogP contribution in [0.1, 0.15) is 30.9 Å². The van der Waals surface area contributed by atoms with Gasteiger partial charge in [0.2, 0.25) is 5.91 Å². The van der Waals surface area contributed by atoms with E-state index in [1.807, 2.05) is 23.0 Å². The maximum absolute atomic E-state index is 13.1.